The van der Waals surface area contributed by atoms with Gasteiger partial charge in [0, 0.05) is 25.2 Å². The number of alkyl halides is 1. The van der Waals surface area contributed by atoms with Crippen LogP contribution in [-0.4, -0.2) is 35.7 Å². The normalized spacial score (nSPS) is 17.9. The van der Waals surface area contributed by atoms with E-state index in [1.54, 1.807) is 32.9 Å². The van der Waals surface area contributed by atoms with Crippen LogP contribution in [0.2, 0.25) is 0 Å². The first-order valence-corrected chi connectivity index (χ1v) is 8.27. The maximum absolute atomic E-state index is 12.8. The molecule has 1 heterocycles. The van der Waals surface area contributed by atoms with Crippen LogP contribution in [0.3, 0.4) is 0 Å². The average Bonchev–Trinajstić information content (AvgIpc) is 2.52. The third-order valence-electron chi connectivity index (χ3n) is 3.87. The molecule has 8 heteroatoms. The minimum Gasteiger partial charge on any atom is -0.444 e. The second-order valence-electron chi connectivity index (χ2n) is 7.15. The first-order valence-electron chi connectivity index (χ1n) is 8.27. The maximum atomic E-state index is 12.8. The SMILES string of the molecule is CC(C)(C)OC(=O)NC1CCCN(c2ccc(CF)cc2[N+](=O)[O-])C1. The van der Waals surface area contributed by atoms with E-state index in [1.807, 2.05) is 4.90 Å². The molecule has 1 saturated heterocycles. The third kappa shape index (κ3) is 5.30. The molecule has 1 aromatic rings. The van der Waals surface area contributed by atoms with Crippen LogP contribution in [0.1, 0.15) is 39.2 Å². The van der Waals surface area contributed by atoms with Crippen molar-refractivity contribution in [2.75, 3.05) is 18.0 Å². The minimum atomic E-state index is -0.746. The summed E-state index contributed by atoms with van der Waals surface area (Å²) >= 11 is 0. The summed E-state index contributed by atoms with van der Waals surface area (Å²) in [5.74, 6) is 0. The molecule has 1 aliphatic rings. The predicted octanol–water partition coefficient (Wildman–Crippen LogP) is 3.56. The zero-order valence-corrected chi connectivity index (χ0v) is 14.8. The summed E-state index contributed by atoms with van der Waals surface area (Å²) in [5.41, 5.74) is 0.0150. The van der Waals surface area contributed by atoms with Gasteiger partial charge >= 0.3 is 6.09 Å². The average molecular weight is 353 g/mol. The molecule has 1 aliphatic heterocycles. The van der Waals surface area contributed by atoms with Crippen molar-refractivity contribution in [2.24, 2.45) is 0 Å². The van der Waals surface area contributed by atoms with Crippen molar-refractivity contribution in [1.29, 1.82) is 0 Å². The number of nitro benzene ring substituents is 1. The largest absolute Gasteiger partial charge is 0.444 e. The molecule has 7 nitrogen and oxygen atoms in total. The van der Waals surface area contributed by atoms with E-state index < -0.39 is 23.3 Å². The molecule has 0 radical (unpaired) electrons. The van der Waals surface area contributed by atoms with Crippen LogP contribution in [0.4, 0.5) is 20.6 Å². The molecule has 1 amide bonds. The molecule has 0 spiro atoms. The maximum Gasteiger partial charge on any atom is 0.407 e. The Morgan fingerprint density at radius 1 is 1.48 bits per heavy atom. The number of nitrogens with zero attached hydrogens (tertiary/aromatic N) is 2. The fraction of sp³-hybridized carbons (Fsp3) is 0.588. The molecule has 1 N–H and O–H groups in total. The quantitative estimate of drug-likeness (QED) is 0.661. The highest BCUT2D eigenvalue weighted by Gasteiger charge is 2.28. The highest BCUT2D eigenvalue weighted by molar-refractivity contribution is 5.69. The Hall–Kier alpha value is -2.38. The van der Waals surface area contributed by atoms with Crippen LogP contribution in [-0.2, 0) is 11.4 Å². The molecule has 2 rings (SSSR count). The fourth-order valence-electron chi connectivity index (χ4n) is 2.85. The highest BCUT2D eigenvalue weighted by Crippen LogP contribution is 2.31. The van der Waals surface area contributed by atoms with E-state index in [0.717, 1.165) is 12.8 Å². The van der Waals surface area contributed by atoms with Crippen LogP contribution in [0.5, 0.6) is 0 Å². The lowest BCUT2D eigenvalue weighted by Gasteiger charge is -2.34. The Kier molecular flexibility index (Phi) is 5.81. The molecule has 0 aromatic heterocycles. The van der Waals surface area contributed by atoms with Crippen LogP contribution in [0.15, 0.2) is 18.2 Å². The Balaban J connectivity index is 2.11. The van der Waals surface area contributed by atoms with E-state index in [2.05, 4.69) is 5.32 Å². The number of nitro groups is 1. The summed E-state index contributed by atoms with van der Waals surface area (Å²) < 4.78 is 18.0. The van der Waals surface area contributed by atoms with Gasteiger partial charge in [-0.3, -0.25) is 10.1 Å². The second kappa shape index (κ2) is 7.67. The van der Waals surface area contributed by atoms with Crippen molar-refractivity contribution >= 4 is 17.5 Å². The van der Waals surface area contributed by atoms with Crippen LogP contribution in [0, 0.1) is 10.1 Å². The van der Waals surface area contributed by atoms with Gasteiger partial charge in [-0.25, -0.2) is 9.18 Å². The van der Waals surface area contributed by atoms with Crippen molar-refractivity contribution in [3.8, 4) is 0 Å². The van der Waals surface area contributed by atoms with Crippen LogP contribution < -0.4 is 10.2 Å². The summed E-state index contributed by atoms with van der Waals surface area (Å²) in [4.78, 5) is 24.6. The fourth-order valence-corrected chi connectivity index (χ4v) is 2.85. The van der Waals surface area contributed by atoms with E-state index in [9.17, 15) is 19.3 Å². The minimum absolute atomic E-state index is 0.118. The molecular formula is C17H24FN3O4. The van der Waals surface area contributed by atoms with Crippen molar-refractivity contribution in [2.45, 2.75) is 51.9 Å². The van der Waals surface area contributed by atoms with E-state index in [-0.39, 0.29) is 17.3 Å². The van der Waals surface area contributed by atoms with Gasteiger partial charge in [0.2, 0.25) is 0 Å². The summed E-state index contributed by atoms with van der Waals surface area (Å²) in [5, 5.41) is 14.1. The van der Waals surface area contributed by atoms with Crippen molar-refractivity contribution < 1.29 is 18.8 Å². The molecule has 25 heavy (non-hydrogen) atoms. The second-order valence-corrected chi connectivity index (χ2v) is 7.15. The van der Waals surface area contributed by atoms with E-state index in [1.165, 1.54) is 6.07 Å². The number of hydrogen-bond acceptors (Lipinski definition) is 5. The Morgan fingerprint density at radius 3 is 2.80 bits per heavy atom. The number of alkyl carbamates (subject to hydrolysis) is 1. The monoisotopic (exact) mass is 353 g/mol. The number of rotatable bonds is 4. The molecule has 0 saturated carbocycles. The molecule has 0 aliphatic carbocycles. The number of carbonyl (C=O) groups excluding carboxylic acids is 1. The molecule has 1 atom stereocenters. The Bertz CT molecular complexity index is 645. The van der Waals surface area contributed by atoms with E-state index in [4.69, 9.17) is 4.74 Å². The first-order chi connectivity index (χ1) is 11.7. The van der Waals surface area contributed by atoms with Gasteiger partial charge in [-0.2, -0.15) is 0 Å². The van der Waals surface area contributed by atoms with Gasteiger partial charge in [0.1, 0.15) is 18.0 Å². The first kappa shape index (κ1) is 19.0. The number of hydrogen-bond donors (Lipinski definition) is 1. The summed E-state index contributed by atoms with van der Waals surface area (Å²) in [6.45, 7) is 5.70. The van der Waals surface area contributed by atoms with Crippen molar-refractivity contribution in [3.05, 3.63) is 33.9 Å². The lowest BCUT2D eigenvalue weighted by molar-refractivity contribution is -0.384. The molecule has 1 unspecified atom stereocenters. The smallest absolute Gasteiger partial charge is 0.407 e. The lowest BCUT2D eigenvalue weighted by Crippen LogP contribution is -2.49. The van der Waals surface area contributed by atoms with E-state index in [0.29, 0.717) is 18.8 Å². The van der Waals surface area contributed by atoms with Crippen LogP contribution in [0.25, 0.3) is 0 Å². The zero-order valence-electron chi connectivity index (χ0n) is 14.8. The highest BCUT2D eigenvalue weighted by atomic mass is 19.1. The Morgan fingerprint density at radius 2 is 2.20 bits per heavy atom. The lowest BCUT2D eigenvalue weighted by atomic mass is 10.0. The number of carbonyl (C=O) groups is 1. The van der Waals surface area contributed by atoms with Gasteiger partial charge in [-0.1, -0.05) is 6.07 Å². The summed E-state index contributed by atoms with van der Waals surface area (Å²) in [7, 11) is 0. The van der Waals surface area contributed by atoms with Crippen LogP contribution >= 0.6 is 0 Å². The topological polar surface area (TPSA) is 84.7 Å². The molecule has 0 bridgehead atoms. The third-order valence-corrected chi connectivity index (χ3v) is 3.87. The molecule has 138 valence electrons. The van der Waals surface area contributed by atoms with Crippen molar-refractivity contribution in [1.82, 2.24) is 5.32 Å². The number of amides is 1. The number of benzene rings is 1. The predicted molar refractivity (Wildman–Crippen MR) is 92.5 cm³/mol. The number of anilines is 1. The van der Waals surface area contributed by atoms with Gasteiger partial charge in [-0.15, -0.1) is 0 Å². The van der Waals surface area contributed by atoms with Gasteiger partial charge in [0.15, 0.2) is 0 Å². The number of halogens is 1. The summed E-state index contributed by atoms with van der Waals surface area (Å²) in [6, 6.07) is 4.22. The molecule has 1 aromatic carbocycles. The molecular weight excluding hydrogens is 329 g/mol. The molecule has 1 fully saturated rings. The number of piperidine rings is 1. The number of nitrogens with one attached hydrogen (secondary N) is 1. The zero-order chi connectivity index (χ0) is 18.6. The summed E-state index contributed by atoms with van der Waals surface area (Å²) in [6.07, 6.45) is 1.05. The standard InChI is InChI=1S/C17H24FN3O4/c1-17(2,3)25-16(22)19-13-5-4-8-20(11-13)14-7-6-12(10-18)9-15(14)21(23)24/h6-7,9,13H,4-5,8,10-11H2,1-3H3,(H,19,22). The van der Waals surface area contributed by atoms with Gasteiger partial charge in [0.25, 0.3) is 5.69 Å². The van der Waals surface area contributed by atoms with Gasteiger partial charge in [0.05, 0.1) is 4.92 Å². The van der Waals surface area contributed by atoms with E-state index >= 15 is 0 Å². The van der Waals surface area contributed by atoms with Gasteiger partial charge in [-0.05, 0) is 45.2 Å². The Labute approximate surface area is 146 Å². The van der Waals surface area contributed by atoms with Gasteiger partial charge < -0.3 is 15.0 Å². The number of ether oxygens (including phenoxy) is 1. The van der Waals surface area contributed by atoms with Crippen molar-refractivity contribution in [3.63, 3.8) is 0 Å².